The molecule has 2 aromatic rings. The molecule has 0 aliphatic rings. The molecule has 0 spiro atoms. The summed E-state index contributed by atoms with van der Waals surface area (Å²) in [5, 5.41) is 13.3. The van der Waals surface area contributed by atoms with E-state index >= 15 is 0 Å². The maximum Gasteiger partial charge on any atom is 0.387 e. The topological polar surface area (TPSA) is 58.6 Å². The zero-order valence-corrected chi connectivity index (χ0v) is 14.1. The first-order valence-electron chi connectivity index (χ1n) is 7.90. The largest absolute Gasteiger partial charge is 0.435 e. The van der Waals surface area contributed by atoms with E-state index < -0.39 is 12.2 Å². The molecule has 0 radical (unpaired) electrons. The Labute approximate surface area is 145 Å². The van der Waals surface area contributed by atoms with E-state index in [1.165, 1.54) is 12.1 Å². The monoisotopic (exact) mass is 349 g/mol. The number of halogens is 2. The molecule has 0 aliphatic heterocycles. The molecule has 0 saturated heterocycles. The van der Waals surface area contributed by atoms with Crippen molar-refractivity contribution in [2.24, 2.45) is 0 Å². The van der Waals surface area contributed by atoms with E-state index in [0.29, 0.717) is 5.56 Å². The van der Waals surface area contributed by atoms with E-state index in [9.17, 15) is 18.7 Å². The van der Waals surface area contributed by atoms with Crippen LogP contribution in [0.5, 0.6) is 5.75 Å². The minimum atomic E-state index is -2.87. The van der Waals surface area contributed by atoms with Crippen molar-refractivity contribution in [1.29, 1.82) is 0 Å². The van der Waals surface area contributed by atoms with Crippen LogP contribution in [0.2, 0.25) is 0 Å². The summed E-state index contributed by atoms with van der Waals surface area (Å²) >= 11 is 0. The van der Waals surface area contributed by atoms with Gasteiger partial charge in [-0.05, 0) is 37.1 Å². The molecule has 0 heterocycles. The Hall–Kier alpha value is -2.47. The van der Waals surface area contributed by atoms with E-state index in [4.69, 9.17) is 0 Å². The van der Waals surface area contributed by atoms with Crippen LogP contribution in [0.3, 0.4) is 0 Å². The van der Waals surface area contributed by atoms with Gasteiger partial charge in [-0.2, -0.15) is 8.78 Å². The number of ether oxygens (including phenoxy) is 1. The fourth-order valence-corrected chi connectivity index (χ4v) is 2.53. The second-order valence-corrected chi connectivity index (χ2v) is 6.05. The Kier molecular flexibility index (Phi) is 6.09. The number of rotatable bonds is 7. The Bertz CT molecular complexity index is 688. The fourth-order valence-electron chi connectivity index (χ4n) is 2.53. The smallest absolute Gasteiger partial charge is 0.387 e. The minimum absolute atomic E-state index is 0.0595. The van der Waals surface area contributed by atoms with Crippen LogP contribution in [0.4, 0.5) is 8.78 Å². The van der Waals surface area contributed by atoms with Crippen LogP contribution in [-0.4, -0.2) is 17.6 Å². The van der Waals surface area contributed by atoms with E-state index in [0.717, 1.165) is 5.56 Å². The van der Waals surface area contributed by atoms with E-state index in [1.54, 1.807) is 50.2 Å². The van der Waals surface area contributed by atoms with Crippen molar-refractivity contribution in [3.8, 4) is 5.75 Å². The number of nitrogens with one attached hydrogen (secondary N) is 1. The molecule has 0 saturated carbocycles. The standard InChI is InChI=1S/C19H21F2NO3/c1-13(14-8-10-16(11-9-14)25-18(20)21)22-17(23)12-19(2,24)15-6-4-3-5-7-15/h3-11,13,18,24H,12H2,1-2H3,(H,22,23). The third kappa shape index (κ3) is 5.53. The highest BCUT2D eigenvalue weighted by Crippen LogP contribution is 2.25. The lowest BCUT2D eigenvalue weighted by Gasteiger charge is -2.24. The highest BCUT2D eigenvalue weighted by atomic mass is 19.3. The van der Waals surface area contributed by atoms with Crippen molar-refractivity contribution in [3.05, 3.63) is 65.7 Å². The van der Waals surface area contributed by atoms with Crippen molar-refractivity contribution >= 4 is 5.91 Å². The molecule has 0 bridgehead atoms. The van der Waals surface area contributed by atoms with Gasteiger partial charge < -0.3 is 15.2 Å². The predicted octanol–water partition coefficient (Wildman–Crippen LogP) is 3.76. The van der Waals surface area contributed by atoms with E-state index in [2.05, 4.69) is 10.1 Å². The highest BCUT2D eigenvalue weighted by Gasteiger charge is 2.27. The molecule has 4 nitrogen and oxygen atoms in total. The Morgan fingerprint density at radius 2 is 1.76 bits per heavy atom. The third-order valence-electron chi connectivity index (χ3n) is 3.88. The van der Waals surface area contributed by atoms with Crippen molar-refractivity contribution in [1.82, 2.24) is 5.32 Å². The lowest BCUT2D eigenvalue weighted by Crippen LogP contribution is -2.34. The quantitative estimate of drug-likeness (QED) is 0.800. The number of benzene rings is 2. The number of hydrogen-bond donors (Lipinski definition) is 2. The normalized spacial score (nSPS) is 14.6. The first-order chi connectivity index (χ1) is 11.8. The van der Waals surface area contributed by atoms with Crippen LogP contribution >= 0.6 is 0 Å². The maximum atomic E-state index is 12.2. The molecule has 0 fully saturated rings. The molecule has 2 aromatic carbocycles. The van der Waals surface area contributed by atoms with Gasteiger partial charge in [-0.1, -0.05) is 42.5 Å². The maximum absolute atomic E-state index is 12.2. The van der Waals surface area contributed by atoms with Gasteiger partial charge in [0.2, 0.25) is 5.91 Å². The lowest BCUT2D eigenvalue weighted by atomic mass is 9.92. The van der Waals surface area contributed by atoms with Gasteiger partial charge in [0, 0.05) is 0 Å². The molecule has 2 rings (SSSR count). The molecule has 0 aromatic heterocycles. The summed E-state index contributed by atoms with van der Waals surface area (Å²) in [6.45, 7) is 0.490. The second kappa shape index (κ2) is 8.07. The van der Waals surface area contributed by atoms with Crippen LogP contribution in [0.15, 0.2) is 54.6 Å². The van der Waals surface area contributed by atoms with Crippen molar-refractivity contribution in [3.63, 3.8) is 0 Å². The van der Waals surface area contributed by atoms with Crippen molar-refractivity contribution < 1.29 is 23.4 Å². The van der Waals surface area contributed by atoms with Crippen LogP contribution in [-0.2, 0) is 10.4 Å². The average Bonchev–Trinajstić information content (AvgIpc) is 2.55. The van der Waals surface area contributed by atoms with Crippen LogP contribution in [0.1, 0.15) is 37.4 Å². The number of alkyl halides is 2. The zero-order valence-electron chi connectivity index (χ0n) is 14.1. The fraction of sp³-hybridized carbons (Fsp3) is 0.316. The van der Waals surface area contributed by atoms with Crippen molar-refractivity contribution in [2.75, 3.05) is 0 Å². The lowest BCUT2D eigenvalue weighted by molar-refractivity contribution is -0.126. The first kappa shape index (κ1) is 18.9. The summed E-state index contributed by atoms with van der Waals surface area (Å²) in [5.74, 6) is -0.251. The molecule has 2 N–H and O–H groups in total. The molecule has 1 amide bonds. The van der Waals surface area contributed by atoms with E-state index in [-0.39, 0.29) is 24.1 Å². The van der Waals surface area contributed by atoms with Gasteiger partial charge in [-0.25, -0.2) is 0 Å². The predicted molar refractivity (Wildman–Crippen MR) is 90.3 cm³/mol. The Morgan fingerprint density at radius 1 is 1.16 bits per heavy atom. The number of carbonyl (C=O) groups excluding carboxylic acids is 1. The second-order valence-electron chi connectivity index (χ2n) is 6.05. The van der Waals surface area contributed by atoms with Gasteiger partial charge in [-0.15, -0.1) is 0 Å². The number of aliphatic hydroxyl groups is 1. The first-order valence-corrected chi connectivity index (χ1v) is 7.90. The zero-order chi connectivity index (χ0) is 18.4. The summed E-state index contributed by atoms with van der Waals surface area (Å²) in [5.41, 5.74) is 0.126. The molecule has 6 heteroatoms. The summed E-state index contributed by atoms with van der Waals surface area (Å²) in [6, 6.07) is 14.7. The van der Waals surface area contributed by atoms with Crippen LogP contribution in [0, 0.1) is 0 Å². The Balaban J connectivity index is 1.95. The molecule has 2 unspecified atom stereocenters. The van der Waals surface area contributed by atoms with Crippen LogP contribution < -0.4 is 10.1 Å². The molecule has 2 atom stereocenters. The summed E-state index contributed by atoms with van der Waals surface area (Å²) in [7, 11) is 0. The number of hydrogen-bond acceptors (Lipinski definition) is 3. The molecular weight excluding hydrogens is 328 g/mol. The third-order valence-corrected chi connectivity index (χ3v) is 3.88. The van der Waals surface area contributed by atoms with Crippen molar-refractivity contribution in [2.45, 2.75) is 38.5 Å². The molecule has 0 aliphatic carbocycles. The number of amides is 1. The van der Waals surface area contributed by atoms with Crippen LogP contribution in [0.25, 0.3) is 0 Å². The van der Waals surface area contributed by atoms with Gasteiger partial charge in [0.15, 0.2) is 0 Å². The SMILES string of the molecule is CC(NC(=O)CC(C)(O)c1ccccc1)c1ccc(OC(F)F)cc1. The molecule has 134 valence electrons. The van der Waals surface area contributed by atoms with Gasteiger partial charge >= 0.3 is 6.61 Å². The average molecular weight is 349 g/mol. The summed E-state index contributed by atoms with van der Waals surface area (Å²) < 4.78 is 28.6. The summed E-state index contributed by atoms with van der Waals surface area (Å²) in [6.07, 6.45) is -0.0894. The van der Waals surface area contributed by atoms with Gasteiger partial charge in [-0.3, -0.25) is 4.79 Å². The van der Waals surface area contributed by atoms with Gasteiger partial charge in [0.1, 0.15) is 5.75 Å². The van der Waals surface area contributed by atoms with E-state index in [1.807, 2.05) is 6.07 Å². The summed E-state index contributed by atoms with van der Waals surface area (Å²) in [4.78, 5) is 12.2. The molecular formula is C19H21F2NO3. The van der Waals surface area contributed by atoms with Gasteiger partial charge in [0.25, 0.3) is 0 Å². The minimum Gasteiger partial charge on any atom is -0.435 e. The Morgan fingerprint density at radius 3 is 2.32 bits per heavy atom. The van der Waals surface area contributed by atoms with Gasteiger partial charge in [0.05, 0.1) is 18.1 Å². The molecule has 25 heavy (non-hydrogen) atoms. The highest BCUT2D eigenvalue weighted by molar-refractivity contribution is 5.77. The number of carbonyl (C=O) groups is 1.